The van der Waals surface area contributed by atoms with Crippen molar-refractivity contribution in [3.05, 3.63) is 23.8 Å². The van der Waals surface area contributed by atoms with Crippen molar-refractivity contribution in [3.8, 4) is 11.5 Å². The summed E-state index contributed by atoms with van der Waals surface area (Å²) in [6, 6.07) is 5.55. The number of unbranched alkanes of at least 4 members (excludes halogenated alkanes) is 3. The summed E-state index contributed by atoms with van der Waals surface area (Å²) in [6.07, 6.45) is 4.95. The van der Waals surface area contributed by atoms with Gasteiger partial charge in [-0.3, -0.25) is 4.79 Å². The van der Waals surface area contributed by atoms with Crippen LogP contribution < -0.4 is 14.8 Å². The van der Waals surface area contributed by atoms with Crippen LogP contribution in [0.15, 0.2) is 18.2 Å². The van der Waals surface area contributed by atoms with Gasteiger partial charge in [-0.05, 0) is 30.5 Å². The van der Waals surface area contributed by atoms with Gasteiger partial charge in [0, 0.05) is 11.9 Å². The maximum atomic E-state index is 11.9. The van der Waals surface area contributed by atoms with Crippen molar-refractivity contribution in [1.82, 2.24) is 5.32 Å². The van der Waals surface area contributed by atoms with Crippen LogP contribution in [0.2, 0.25) is 0 Å². The number of benzene rings is 1. The molecule has 0 aromatic heterocycles. The van der Waals surface area contributed by atoms with E-state index in [1.807, 2.05) is 18.2 Å². The number of rotatable bonds is 10. The lowest BCUT2D eigenvalue weighted by Gasteiger charge is -2.10. The predicted molar refractivity (Wildman–Crippen MR) is 88.5 cm³/mol. The molecule has 4 nitrogen and oxygen atoms in total. The van der Waals surface area contributed by atoms with Gasteiger partial charge in [0.15, 0.2) is 11.5 Å². The molecule has 0 heterocycles. The van der Waals surface area contributed by atoms with Crippen LogP contribution in [0.5, 0.6) is 11.5 Å². The average molecular weight is 358 g/mol. The summed E-state index contributed by atoms with van der Waals surface area (Å²) >= 11 is 3.41. The summed E-state index contributed by atoms with van der Waals surface area (Å²) in [4.78, 5) is 11.9. The van der Waals surface area contributed by atoms with E-state index in [-0.39, 0.29) is 5.91 Å². The third kappa shape index (κ3) is 6.85. The van der Waals surface area contributed by atoms with Crippen molar-refractivity contribution in [3.63, 3.8) is 0 Å². The molecule has 5 heteroatoms. The van der Waals surface area contributed by atoms with Crippen molar-refractivity contribution in [1.29, 1.82) is 0 Å². The highest BCUT2D eigenvalue weighted by molar-refractivity contribution is 9.09. The molecule has 118 valence electrons. The summed E-state index contributed by atoms with van der Waals surface area (Å²) < 4.78 is 10.4. The third-order valence-electron chi connectivity index (χ3n) is 3.20. The Morgan fingerprint density at radius 2 is 1.81 bits per heavy atom. The topological polar surface area (TPSA) is 47.6 Å². The van der Waals surface area contributed by atoms with Gasteiger partial charge < -0.3 is 14.8 Å². The fourth-order valence-electron chi connectivity index (χ4n) is 2.04. The second kappa shape index (κ2) is 10.5. The van der Waals surface area contributed by atoms with Crippen molar-refractivity contribution < 1.29 is 14.3 Å². The molecule has 0 spiro atoms. The van der Waals surface area contributed by atoms with Crippen LogP contribution in [-0.2, 0) is 11.2 Å². The number of ether oxygens (including phenoxy) is 2. The van der Waals surface area contributed by atoms with Crippen LogP contribution in [0, 0.1) is 0 Å². The maximum Gasteiger partial charge on any atom is 0.224 e. The molecule has 1 amide bonds. The van der Waals surface area contributed by atoms with Gasteiger partial charge in [-0.15, -0.1) is 0 Å². The van der Waals surface area contributed by atoms with E-state index < -0.39 is 0 Å². The van der Waals surface area contributed by atoms with Crippen LogP contribution in [0.3, 0.4) is 0 Å². The Labute approximate surface area is 135 Å². The fourth-order valence-corrected chi connectivity index (χ4v) is 2.44. The first-order valence-corrected chi connectivity index (χ1v) is 8.37. The highest BCUT2D eigenvalue weighted by Crippen LogP contribution is 2.27. The smallest absolute Gasteiger partial charge is 0.224 e. The van der Waals surface area contributed by atoms with Crippen LogP contribution in [0.4, 0.5) is 0 Å². The number of nitrogens with one attached hydrogen (secondary N) is 1. The van der Waals surface area contributed by atoms with Gasteiger partial charge in [0.1, 0.15) is 0 Å². The molecule has 0 unspecified atom stereocenters. The van der Waals surface area contributed by atoms with E-state index in [0.29, 0.717) is 17.9 Å². The Balaban J connectivity index is 2.34. The Kier molecular flexibility index (Phi) is 8.90. The minimum atomic E-state index is 0.0442. The van der Waals surface area contributed by atoms with Gasteiger partial charge in [-0.25, -0.2) is 0 Å². The maximum absolute atomic E-state index is 11.9. The predicted octanol–water partition coefficient (Wildman–Crippen LogP) is 3.32. The summed E-state index contributed by atoms with van der Waals surface area (Å²) in [5.74, 6) is 1.37. The lowest BCUT2D eigenvalue weighted by molar-refractivity contribution is -0.120. The number of hydrogen-bond acceptors (Lipinski definition) is 3. The van der Waals surface area contributed by atoms with E-state index in [9.17, 15) is 4.79 Å². The van der Waals surface area contributed by atoms with E-state index in [2.05, 4.69) is 21.2 Å². The normalized spacial score (nSPS) is 10.2. The first-order valence-electron chi connectivity index (χ1n) is 7.24. The number of halogens is 1. The number of hydrogen-bond donors (Lipinski definition) is 1. The highest BCUT2D eigenvalue weighted by atomic mass is 79.9. The van der Waals surface area contributed by atoms with E-state index in [4.69, 9.17) is 9.47 Å². The Hall–Kier alpha value is -1.23. The van der Waals surface area contributed by atoms with Crippen LogP contribution in [0.1, 0.15) is 31.2 Å². The number of methoxy groups -OCH3 is 2. The van der Waals surface area contributed by atoms with Crippen LogP contribution >= 0.6 is 15.9 Å². The Bertz CT molecular complexity index is 438. The van der Waals surface area contributed by atoms with Gasteiger partial charge in [0.2, 0.25) is 5.91 Å². The third-order valence-corrected chi connectivity index (χ3v) is 3.76. The van der Waals surface area contributed by atoms with E-state index in [1.165, 1.54) is 12.8 Å². The standard InChI is InChI=1S/C16H24BrNO3/c1-20-14-8-7-13(11-15(14)21-2)12-16(19)18-10-6-4-3-5-9-17/h7-8,11H,3-6,9-10,12H2,1-2H3,(H,18,19). The average Bonchev–Trinajstić information content (AvgIpc) is 2.50. The summed E-state index contributed by atoms with van der Waals surface area (Å²) in [5.41, 5.74) is 0.921. The van der Waals surface area contributed by atoms with Crippen molar-refractivity contribution in [2.45, 2.75) is 32.1 Å². The molecular formula is C16H24BrNO3. The first kappa shape index (κ1) is 17.8. The highest BCUT2D eigenvalue weighted by Gasteiger charge is 2.07. The molecule has 0 saturated carbocycles. The van der Waals surface area contributed by atoms with Crippen molar-refractivity contribution in [2.24, 2.45) is 0 Å². The molecule has 1 aromatic rings. The minimum Gasteiger partial charge on any atom is -0.493 e. The molecule has 1 aromatic carbocycles. The van der Waals surface area contributed by atoms with Gasteiger partial charge in [-0.2, -0.15) is 0 Å². The van der Waals surface area contributed by atoms with Gasteiger partial charge in [-0.1, -0.05) is 34.8 Å². The lowest BCUT2D eigenvalue weighted by Crippen LogP contribution is -2.26. The van der Waals surface area contributed by atoms with Gasteiger partial charge in [0.25, 0.3) is 0 Å². The quantitative estimate of drug-likeness (QED) is 0.516. The molecule has 0 saturated heterocycles. The Morgan fingerprint density at radius 3 is 2.48 bits per heavy atom. The number of carbonyl (C=O) groups is 1. The SMILES string of the molecule is COc1ccc(CC(=O)NCCCCCCBr)cc1OC. The molecule has 0 aliphatic rings. The summed E-state index contributed by atoms with van der Waals surface area (Å²) in [6.45, 7) is 0.744. The van der Waals surface area contributed by atoms with Crippen LogP contribution in [0.25, 0.3) is 0 Å². The van der Waals surface area contributed by atoms with Crippen molar-refractivity contribution >= 4 is 21.8 Å². The monoisotopic (exact) mass is 357 g/mol. The van der Waals surface area contributed by atoms with E-state index in [1.54, 1.807) is 14.2 Å². The number of alkyl halides is 1. The fraction of sp³-hybridized carbons (Fsp3) is 0.562. The molecule has 0 aliphatic heterocycles. The molecule has 0 atom stereocenters. The zero-order valence-electron chi connectivity index (χ0n) is 12.8. The van der Waals surface area contributed by atoms with E-state index in [0.717, 1.165) is 30.3 Å². The first-order chi connectivity index (χ1) is 10.2. The summed E-state index contributed by atoms with van der Waals surface area (Å²) in [5, 5.41) is 4.01. The zero-order valence-corrected chi connectivity index (χ0v) is 14.4. The number of carbonyl (C=O) groups excluding carboxylic acids is 1. The second-order valence-electron chi connectivity index (χ2n) is 4.82. The van der Waals surface area contributed by atoms with E-state index >= 15 is 0 Å². The zero-order chi connectivity index (χ0) is 15.5. The molecular weight excluding hydrogens is 334 g/mol. The Morgan fingerprint density at radius 1 is 1.10 bits per heavy atom. The van der Waals surface area contributed by atoms with Crippen molar-refractivity contribution in [2.75, 3.05) is 26.1 Å². The minimum absolute atomic E-state index is 0.0442. The molecule has 1 rings (SSSR count). The van der Waals surface area contributed by atoms with Gasteiger partial charge in [0.05, 0.1) is 20.6 Å². The molecule has 0 aliphatic carbocycles. The molecule has 0 radical (unpaired) electrons. The largest absolute Gasteiger partial charge is 0.493 e. The summed E-state index contributed by atoms with van der Waals surface area (Å²) in [7, 11) is 3.19. The lowest BCUT2D eigenvalue weighted by atomic mass is 10.1. The molecule has 0 fully saturated rings. The molecule has 0 bridgehead atoms. The second-order valence-corrected chi connectivity index (χ2v) is 5.61. The molecule has 1 N–H and O–H groups in total. The molecule has 21 heavy (non-hydrogen) atoms. The van der Waals surface area contributed by atoms with Crippen LogP contribution in [-0.4, -0.2) is 32.0 Å². The van der Waals surface area contributed by atoms with Gasteiger partial charge >= 0.3 is 0 Å². The number of amides is 1.